The molecule has 0 atom stereocenters. The van der Waals surface area contributed by atoms with Gasteiger partial charge in [-0.2, -0.15) is 10.5 Å². The molecule has 0 spiro atoms. The van der Waals surface area contributed by atoms with E-state index in [1.54, 1.807) is 6.07 Å². The van der Waals surface area contributed by atoms with E-state index in [1.165, 1.54) is 0 Å². The minimum atomic E-state index is -0.631. The van der Waals surface area contributed by atoms with Gasteiger partial charge in [0.05, 0.1) is 101 Å². The number of non-ortho nitro benzene ring substituents is 2. The summed E-state index contributed by atoms with van der Waals surface area (Å²) in [5.74, 6) is 0. The van der Waals surface area contributed by atoms with Gasteiger partial charge in [0.2, 0.25) is 11.4 Å². The van der Waals surface area contributed by atoms with Gasteiger partial charge in [-0.3, -0.25) is 20.2 Å². The van der Waals surface area contributed by atoms with Crippen LogP contribution in [-0.2, 0) is 6.42 Å². The summed E-state index contributed by atoms with van der Waals surface area (Å²) in [4.78, 5) is 26.1. The molecule has 0 bridgehead atoms. The van der Waals surface area contributed by atoms with Crippen molar-refractivity contribution in [3.8, 4) is 12.1 Å². The van der Waals surface area contributed by atoms with Crippen molar-refractivity contribution in [3.05, 3.63) is 145 Å². The van der Waals surface area contributed by atoms with Crippen LogP contribution in [0.25, 0.3) is 9.69 Å². The normalized spacial score (nSPS) is 9.49. The third-order valence-electron chi connectivity index (χ3n) is 6.05. The van der Waals surface area contributed by atoms with Crippen molar-refractivity contribution in [1.29, 1.82) is 10.5 Å². The summed E-state index contributed by atoms with van der Waals surface area (Å²) in [5, 5.41) is 39.0. The van der Waals surface area contributed by atoms with E-state index < -0.39 is 9.85 Å². The number of anilines is 1. The molecule has 0 fully saturated rings. The number of nitro groups is 2. The number of halogens is 11. The molecule has 0 amide bonds. The number of nitrogens with two attached hydrogens (primary N) is 1. The minimum Gasteiger partial charge on any atom is -0.870 e. The number of benzene rings is 4. The Hall–Kier alpha value is -2.41. The van der Waals surface area contributed by atoms with Crippen LogP contribution in [0.1, 0.15) is 22.3 Å². The van der Waals surface area contributed by atoms with Gasteiger partial charge < -0.3 is 11.2 Å². The van der Waals surface area contributed by atoms with Crippen LogP contribution in [0.3, 0.4) is 0 Å². The van der Waals surface area contributed by atoms with Gasteiger partial charge in [-0.1, -0.05) is 128 Å². The molecule has 4 rings (SSSR count). The number of nitriles is 2. The standard InChI is InChI=1S/C15H4Cl5N3O2.C8Cl4N2.C6H4Cl2N2O2.Na.H2O/c1-22-15-13(19)9(5-21)7(12(18)14(15)20)4-8-10(16)2-6(23(24)25)3-11(8)17;1-14-8-5(10)3(2-13)4(9)6(11)7(8)12;7-4-1-3(10(11)12)2-5(8)6(4)9;;/h2-3H,4H2;;1-2H,9H2;;1H2/q;;;+1;/p-1. The first-order valence-corrected chi connectivity index (χ1v) is 16.6. The number of nitrogen functional groups attached to an aromatic ring is 1. The van der Waals surface area contributed by atoms with Crippen LogP contribution in [0.15, 0.2) is 24.3 Å². The average molecular weight is 948 g/mol. The number of nitrogens with zero attached hydrogens (tertiary/aromatic N) is 6. The summed E-state index contributed by atoms with van der Waals surface area (Å²) >= 11 is 64.4. The molecule has 53 heavy (non-hydrogen) atoms. The second-order valence-electron chi connectivity index (χ2n) is 8.97. The maximum atomic E-state index is 10.9. The number of rotatable bonds is 4. The first kappa shape index (κ1) is 50.6. The molecule has 0 saturated carbocycles. The van der Waals surface area contributed by atoms with Gasteiger partial charge in [-0.05, 0) is 11.1 Å². The van der Waals surface area contributed by atoms with E-state index in [9.17, 15) is 25.5 Å². The van der Waals surface area contributed by atoms with Crippen LogP contribution >= 0.6 is 128 Å². The van der Waals surface area contributed by atoms with Crippen LogP contribution in [-0.4, -0.2) is 15.3 Å². The SMILES string of the molecule is Nc1c(Cl)cc([N+](=O)[O-])cc1Cl.[C-]#[N+]c1c(Cl)c(Cl)c(Cc2c(Cl)cc([N+](=O)[O-])cc2Cl)c(C#N)c1Cl.[C-]#[N+]c1c(Cl)c(Cl)c(Cl)c(C#N)c1Cl.[Na+].[OH-]. The van der Waals surface area contributed by atoms with Gasteiger partial charge in [-0.15, -0.1) is 0 Å². The van der Waals surface area contributed by atoms with Gasteiger partial charge in [0, 0.05) is 30.7 Å². The summed E-state index contributed by atoms with van der Waals surface area (Å²) in [6.45, 7) is 13.9. The Morgan fingerprint density at radius 1 is 0.604 bits per heavy atom. The third-order valence-corrected chi connectivity index (χ3v) is 10.3. The first-order chi connectivity index (χ1) is 23.8. The molecule has 0 saturated heterocycles. The van der Waals surface area contributed by atoms with Crippen LogP contribution in [0.4, 0.5) is 28.4 Å². The molecular formula is C29H9Cl11N7NaO5. The molecule has 4 aromatic carbocycles. The molecule has 0 aliphatic heterocycles. The molecule has 0 unspecified atom stereocenters. The quantitative estimate of drug-likeness (QED) is 0.0396. The Morgan fingerprint density at radius 2 is 0.962 bits per heavy atom. The monoisotopic (exact) mass is 943 g/mol. The molecular weight excluding hydrogens is 939 g/mol. The van der Waals surface area contributed by atoms with Crippen molar-refractivity contribution in [2.75, 3.05) is 5.73 Å². The summed E-state index contributed by atoms with van der Waals surface area (Å²) in [6.07, 6.45) is -0.0465. The zero-order valence-electron chi connectivity index (χ0n) is 25.5. The van der Waals surface area contributed by atoms with E-state index in [2.05, 4.69) is 9.69 Å². The smallest absolute Gasteiger partial charge is 0.870 e. The fraction of sp³-hybridized carbons (Fsp3) is 0.0345. The van der Waals surface area contributed by atoms with E-state index in [0.717, 1.165) is 24.3 Å². The molecule has 0 heterocycles. The van der Waals surface area contributed by atoms with E-state index in [4.69, 9.17) is 152 Å². The molecule has 0 radical (unpaired) electrons. The van der Waals surface area contributed by atoms with Crippen molar-refractivity contribution < 1.29 is 44.9 Å². The fourth-order valence-electron chi connectivity index (χ4n) is 3.61. The van der Waals surface area contributed by atoms with E-state index in [1.807, 2.05) is 6.07 Å². The van der Waals surface area contributed by atoms with Crippen LogP contribution < -0.4 is 35.3 Å². The van der Waals surface area contributed by atoms with Gasteiger partial charge in [-0.25, -0.2) is 9.69 Å². The molecule has 0 aliphatic carbocycles. The molecule has 4 aromatic rings. The summed E-state index contributed by atoms with van der Waals surface area (Å²) in [5.41, 5.74) is 5.37. The Labute approximate surface area is 376 Å². The maximum absolute atomic E-state index is 10.9. The van der Waals surface area contributed by atoms with Crippen molar-refractivity contribution >= 4 is 156 Å². The van der Waals surface area contributed by atoms with Crippen LogP contribution in [0.2, 0.25) is 55.2 Å². The van der Waals surface area contributed by atoms with E-state index in [0.29, 0.717) is 5.56 Å². The Balaban J connectivity index is 0.000000822. The van der Waals surface area contributed by atoms with Gasteiger partial charge >= 0.3 is 29.6 Å². The van der Waals surface area contributed by atoms with E-state index in [-0.39, 0.29) is 142 Å². The summed E-state index contributed by atoms with van der Waals surface area (Å²) < 4.78 is 0. The Morgan fingerprint density at radius 3 is 1.32 bits per heavy atom. The molecule has 0 aliphatic rings. The maximum Gasteiger partial charge on any atom is 1.00 e. The topological polar surface area (TPSA) is 199 Å². The number of hydrogen-bond donors (Lipinski definition) is 1. The molecule has 3 N–H and O–H groups in total. The fourth-order valence-corrected chi connectivity index (χ4v) is 6.60. The van der Waals surface area contributed by atoms with Crippen LogP contribution in [0.5, 0.6) is 0 Å². The predicted molar refractivity (Wildman–Crippen MR) is 205 cm³/mol. The molecule has 0 aromatic heterocycles. The van der Waals surface area contributed by atoms with Gasteiger partial charge in [0.25, 0.3) is 11.4 Å². The minimum absolute atomic E-state index is 0. The zero-order chi connectivity index (χ0) is 39.1. The molecule has 12 nitrogen and oxygen atoms in total. The average Bonchev–Trinajstić information content (AvgIpc) is 3.07. The zero-order valence-corrected chi connectivity index (χ0v) is 35.8. The number of hydrogen-bond acceptors (Lipinski definition) is 8. The Bertz CT molecular complexity index is 2220. The van der Waals surface area contributed by atoms with Crippen molar-refractivity contribution in [3.63, 3.8) is 0 Å². The van der Waals surface area contributed by atoms with E-state index >= 15 is 0 Å². The van der Waals surface area contributed by atoms with Gasteiger partial charge in [0.15, 0.2) is 0 Å². The second-order valence-corrected chi connectivity index (χ2v) is 13.2. The van der Waals surface area contributed by atoms with Crippen LogP contribution in [0, 0.1) is 56.0 Å². The largest absolute Gasteiger partial charge is 1.00 e. The van der Waals surface area contributed by atoms with Crippen molar-refractivity contribution in [2.45, 2.75) is 6.42 Å². The second kappa shape index (κ2) is 22.2. The molecule has 24 heteroatoms. The Kier molecular flexibility index (Phi) is 21.2. The van der Waals surface area contributed by atoms with Gasteiger partial charge in [0.1, 0.15) is 6.07 Å². The summed E-state index contributed by atoms with van der Waals surface area (Å²) in [6, 6.07) is 8.23. The van der Waals surface area contributed by atoms with Crippen molar-refractivity contribution in [2.24, 2.45) is 0 Å². The third kappa shape index (κ3) is 11.8. The predicted octanol–water partition coefficient (Wildman–Crippen LogP) is 10.9. The summed E-state index contributed by atoms with van der Waals surface area (Å²) in [7, 11) is 0. The molecule has 268 valence electrons. The number of nitro benzene ring substituents is 2. The van der Waals surface area contributed by atoms with Crippen molar-refractivity contribution in [1.82, 2.24) is 0 Å². The first-order valence-electron chi connectivity index (χ1n) is 12.4.